The van der Waals surface area contributed by atoms with Crippen molar-refractivity contribution in [1.82, 2.24) is 0 Å². The summed E-state index contributed by atoms with van der Waals surface area (Å²) in [6.45, 7) is 0. The highest BCUT2D eigenvalue weighted by atomic mass is 31.2. The lowest BCUT2D eigenvalue weighted by atomic mass is 10.1. The number of carboxylic acids is 3. The zero-order valence-corrected chi connectivity index (χ0v) is 16.7. The van der Waals surface area contributed by atoms with Crippen LogP contribution in [-0.4, -0.2) is 44.3 Å². The van der Waals surface area contributed by atoms with Crippen LogP contribution in [-0.2, 0) is 14.2 Å². The monoisotopic (exact) mass is 435 g/mol. The van der Waals surface area contributed by atoms with E-state index in [1.807, 2.05) is 0 Å². The number of carboxylic acid groups (broad SMARTS) is 3. The summed E-state index contributed by atoms with van der Waals surface area (Å²) in [5.41, 5.74) is 0.858. The van der Waals surface area contributed by atoms with Crippen molar-refractivity contribution in [2.45, 2.75) is 18.6 Å². The Labute approximate surface area is 172 Å². The standard InChI is InChI=1S/C20H22NO8P/c22-17(23)11-8-15(20(26)27)12-30(28,29)18(13-4-2-1-3-5-13)21-16-9-6-14(7-10-16)19(24)25/h1-7,9-10,15,18,21H,8,11-12H2,(H,22,23)(H,24,25)(H,26,27)(H,28,29). The number of aliphatic carboxylic acids is 2. The lowest BCUT2D eigenvalue weighted by Gasteiger charge is -2.27. The van der Waals surface area contributed by atoms with Gasteiger partial charge in [-0.15, -0.1) is 0 Å². The van der Waals surface area contributed by atoms with E-state index in [4.69, 9.17) is 10.2 Å². The van der Waals surface area contributed by atoms with Crippen molar-refractivity contribution in [3.05, 3.63) is 65.7 Å². The van der Waals surface area contributed by atoms with Gasteiger partial charge in [0.2, 0.25) is 7.37 Å². The summed E-state index contributed by atoms with van der Waals surface area (Å²) in [6, 6.07) is 13.8. The van der Waals surface area contributed by atoms with Crippen molar-refractivity contribution in [3.63, 3.8) is 0 Å². The third-order valence-corrected chi connectivity index (χ3v) is 6.69. The van der Waals surface area contributed by atoms with Gasteiger partial charge in [0.15, 0.2) is 0 Å². The van der Waals surface area contributed by atoms with Crippen LogP contribution in [0.1, 0.15) is 34.5 Å². The number of carbonyl (C=O) groups is 3. The second kappa shape index (κ2) is 10.0. The minimum absolute atomic E-state index is 0.0450. The van der Waals surface area contributed by atoms with Crippen LogP contribution in [0.2, 0.25) is 0 Å². The van der Waals surface area contributed by atoms with E-state index in [0.717, 1.165) is 0 Å². The Balaban J connectivity index is 2.33. The molecule has 2 aromatic rings. The summed E-state index contributed by atoms with van der Waals surface area (Å²) in [7, 11) is -4.19. The van der Waals surface area contributed by atoms with Gasteiger partial charge >= 0.3 is 17.9 Å². The van der Waals surface area contributed by atoms with Crippen molar-refractivity contribution >= 4 is 31.0 Å². The molecule has 160 valence electrons. The smallest absolute Gasteiger partial charge is 0.335 e. The lowest BCUT2D eigenvalue weighted by Crippen LogP contribution is -2.23. The molecule has 0 aliphatic carbocycles. The van der Waals surface area contributed by atoms with E-state index in [-0.39, 0.29) is 12.0 Å². The van der Waals surface area contributed by atoms with Gasteiger partial charge in [-0.05, 0) is 36.2 Å². The predicted octanol–water partition coefficient (Wildman–Crippen LogP) is 3.33. The van der Waals surface area contributed by atoms with Crippen LogP contribution in [0.3, 0.4) is 0 Å². The summed E-state index contributed by atoms with van der Waals surface area (Å²) in [4.78, 5) is 44.1. The SMILES string of the molecule is O=C(O)CCC(CP(=O)(O)C(Nc1ccc(C(=O)O)cc1)c1ccccc1)C(=O)O. The molecule has 0 spiro atoms. The molecule has 3 unspecified atom stereocenters. The summed E-state index contributed by atoms with van der Waals surface area (Å²) in [5.74, 6) is -6.12. The van der Waals surface area contributed by atoms with Gasteiger partial charge in [0.1, 0.15) is 5.78 Å². The van der Waals surface area contributed by atoms with E-state index in [1.165, 1.54) is 24.3 Å². The number of hydrogen-bond donors (Lipinski definition) is 5. The molecular formula is C20H22NO8P. The first-order valence-electron chi connectivity index (χ1n) is 9.01. The number of hydrogen-bond acceptors (Lipinski definition) is 5. The maximum absolute atomic E-state index is 13.2. The Hall–Kier alpha value is -3.16. The fraction of sp³-hybridized carbons (Fsp3) is 0.250. The van der Waals surface area contributed by atoms with Gasteiger partial charge in [-0.3, -0.25) is 14.2 Å². The van der Waals surface area contributed by atoms with Crippen LogP contribution in [0.5, 0.6) is 0 Å². The van der Waals surface area contributed by atoms with Crippen molar-refractivity contribution < 1.29 is 39.2 Å². The van der Waals surface area contributed by atoms with Crippen molar-refractivity contribution in [1.29, 1.82) is 0 Å². The molecule has 0 saturated carbocycles. The molecule has 9 nitrogen and oxygen atoms in total. The van der Waals surface area contributed by atoms with Crippen LogP contribution in [0.4, 0.5) is 5.69 Å². The molecule has 0 radical (unpaired) electrons. The first-order chi connectivity index (χ1) is 14.1. The summed E-state index contributed by atoms with van der Waals surface area (Å²) >= 11 is 0. The van der Waals surface area contributed by atoms with Gasteiger partial charge in [0.05, 0.1) is 11.5 Å². The van der Waals surface area contributed by atoms with Gasteiger partial charge < -0.3 is 25.5 Å². The molecular weight excluding hydrogens is 413 g/mol. The van der Waals surface area contributed by atoms with Crippen LogP contribution in [0, 0.1) is 5.92 Å². The van der Waals surface area contributed by atoms with Crippen molar-refractivity contribution in [2.75, 3.05) is 11.5 Å². The highest BCUT2D eigenvalue weighted by Gasteiger charge is 2.37. The highest BCUT2D eigenvalue weighted by molar-refractivity contribution is 7.58. The van der Waals surface area contributed by atoms with Gasteiger partial charge in [-0.2, -0.15) is 0 Å². The van der Waals surface area contributed by atoms with Gasteiger partial charge in [-0.1, -0.05) is 30.3 Å². The van der Waals surface area contributed by atoms with Crippen molar-refractivity contribution in [2.24, 2.45) is 5.92 Å². The molecule has 0 bridgehead atoms. The van der Waals surface area contributed by atoms with Gasteiger partial charge in [-0.25, -0.2) is 4.79 Å². The predicted molar refractivity (Wildman–Crippen MR) is 109 cm³/mol. The maximum atomic E-state index is 13.2. The molecule has 3 atom stereocenters. The number of benzene rings is 2. The fourth-order valence-corrected chi connectivity index (χ4v) is 5.10. The van der Waals surface area contributed by atoms with E-state index in [1.54, 1.807) is 30.3 Å². The second-order valence-electron chi connectivity index (χ2n) is 6.75. The largest absolute Gasteiger partial charge is 0.481 e. The number of rotatable bonds is 11. The Morgan fingerprint density at radius 1 is 0.933 bits per heavy atom. The summed E-state index contributed by atoms with van der Waals surface area (Å²) in [6.07, 6.45) is -1.32. The molecule has 0 aromatic heterocycles. The van der Waals surface area contributed by atoms with E-state index in [9.17, 15) is 28.9 Å². The molecule has 0 saturated heterocycles. The van der Waals surface area contributed by atoms with Crippen molar-refractivity contribution in [3.8, 4) is 0 Å². The van der Waals surface area contributed by atoms with Crippen LogP contribution < -0.4 is 5.32 Å². The van der Waals surface area contributed by atoms with Crippen LogP contribution >= 0.6 is 7.37 Å². The minimum Gasteiger partial charge on any atom is -0.481 e. The molecule has 2 aromatic carbocycles. The minimum atomic E-state index is -4.19. The van der Waals surface area contributed by atoms with E-state index >= 15 is 0 Å². The van der Waals surface area contributed by atoms with E-state index in [2.05, 4.69) is 5.32 Å². The number of aromatic carboxylic acids is 1. The quantitative estimate of drug-likeness (QED) is 0.333. The fourth-order valence-electron chi connectivity index (χ4n) is 2.93. The maximum Gasteiger partial charge on any atom is 0.335 e. The third kappa shape index (κ3) is 6.43. The number of anilines is 1. The molecule has 0 aliphatic rings. The second-order valence-corrected chi connectivity index (χ2v) is 9.14. The summed E-state index contributed by atoms with van der Waals surface area (Å²) < 4.78 is 13.2. The van der Waals surface area contributed by atoms with E-state index in [0.29, 0.717) is 11.3 Å². The Bertz CT molecular complexity index is 945. The average Bonchev–Trinajstić information content (AvgIpc) is 2.69. The first-order valence-corrected chi connectivity index (χ1v) is 10.9. The average molecular weight is 435 g/mol. The molecule has 0 amide bonds. The Kier molecular flexibility index (Phi) is 7.74. The Morgan fingerprint density at radius 3 is 2.03 bits per heavy atom. The molecule has 2 rings (SSSR count). The molecule has 5 N–H and O–H groups in total. The Morgan fingerprint density at radius 2 is 1.53 bits per heavy atom. The highest BCUT2D eigenvalue weighted by Crippen LogP contribution is 2.57. The van der Waals surface area contributed by atoms with Gasteiger partial charge in [0.25, 0.3) is 0 Å². The molecule has 0 heterocycles. The zero-order valence-electron chi connectivity index (χ0n) is 15.8. The summed E-state index contributed by atoms with van der Waals surface area (Å²) in [5, 5.41) is 30.1. The zero-order chi connectivity index (χ0) is 22.3. The van der Waals surface area contributed by atoms with Crippen LogP contribution in [0.15, 0.2) is 54.6 Å². The molecule has 0 fully saturated rings. The normalized spacial score (nSPS) is 14.8. The lowest BCUT2D eigenvalue weighted by molar-refractivity contribution is -0.142. The number of nitrogens with one attached hydrogen (secondary N) is 1. The topological polar surface area (TPSA) is 161 Å². The van der Waals surface area contributed by atoms with Crippen LogP contribution in [0.25, 0.3) is 0 Å². The van der Waals surface area contributed by atoms with E-state index < -0.39 is 49.6 Å². The molecule has 10 heteroatoms. The molecule has 0 aliphatic heterocycles. The first kappa shape index (κ1) is 23.1. The van der Waals surface area contributed by atoms with Gasteiger partial charge in [0, 0.05) is 18.3 Å². The molecule has 30 heavy (non-hydrogen) atoms. The third-order valence-electron chi connectivity index (χ3n) is 4.49.